The Morgan fingerprint density at radius 2 is 1.12 bits per heavy atom. The predicted octanol–water partition coefficient (Wildman–Crippen LogP) is 7.04. The van der Waals surface area contributed by atoms with Crippen molar-refractivity contribution >= 4 is 5.91 Å². The average Bonchev–Trinajstić information content (AvgIpc) is 2.65. The Morgan fingerprint density at radius 1 is 0.692 bits per heavy atom. The molecule has 3 heteroatoms. The average molecular weight is 361 g/mol. The van der Waals surface area contributed by atoms with Gasteiger partial charge in [0.05, 0.1) is 0 Å². The summed E-state index contributed by atoms with van der Waals surface area (Å²) in [6, 6.07) is 6.04. The molecule has 26 heavy (non-hydrogen) atoms. The molecule has 0 fully saturated rings. The minimum atomic E-state index is -0.0836. The Morgan fingerprint density at radius 3 is 1.58 bits per heavy atom. The van der Waals surface area contributed by atoms with Crippen molar-refractivity contribution < 1.29 is 9.90 Å². The first-order valence-electron chi connectivity index (χ1n) is 10.8. The van der Waals surface area contributed by atoms with E-state index in [0.717, 1.165) is 13.0 Å². The highest BCUT2D eigenvalue weighted by Gasteiger charge is 2.04. The maximum Gasteiger partial charge on any atom is 0.251 e. The summed E-state index contributed by atoms with van der Waals surface area (Å²) in [5.41, 5.74) is 0.565. The second-order valence-corrected chi connectivity index (χ2v) is 7.38. The van der Waals surface area contributed by atoms with Crippen LogP contribution in [0.3, 0.4) is 0 Å². The molecule has 147 valence electrons. The Bertz CT molecular complexity index is 456. The maximum atomic E-state index is 11.9. The van der Waals surface area contributed by atoms with Gasteiger partial charge in [-0.15, -0.1) is 0 Å². The molecular weight excluding hydrogens is 322 g/mol. The molecule has 0 heterocycles. The molecule has 1 radical (unpaired) electrons. The molecule has 1 aromatic rings. The standard InChI is InChI=1S/C23H38NO2/c1-2-3-4-5-6-7-8-9-10-11-12-13-14-15-20-24-23(26)21-16-18-22(25)19-17-21/h16-19H,2-15,20H2,1H3,(H,24,26). The number of hydrogen-bond donors (Lipinski definition) is 1. The molecule has 0 bridgehead atoms. The molecule has 0 atom stereocenters. The number of unbranched alkanes of at least 4 members (excludes halogenated alkanes) is 13. The first kappa shape index (κ1) is 22.5. The number of nitrogens with one attached hydrogen (secondary N) is 1. The van der Waals surface area contributed by atoms with Crippen molar-refractivity contribution in [1.29, 1.82) is 0 Å². The van der Waals surface area contributed by atoms with E-state index in [-0.39, 0.29) is 11.7 Å². The van der Waals surface area contributed by atoms with Gasteiger partial charge in [-0.05, 0) is 30.7 Å². The minimum absolute atomic E-state index is 0.0616. The van der Waals surface area contributed by atoms with Crippen LogP contribution in [0.4, 0.5) is 0 Å². The van der Waals surface area contributed by atoms with Gasteiger partial charge in [0.15, 0.2) is 5.75 Å². The zero-order chi connectivity index (χ0) is 18.9. The summed E-state index contributed by atoms with van der Waals surface area (Å²) in [6.45, 7) is 2.99. The molecule has 0 aromatic heterocycles. The molecule has 0 aliphatic rings. The Balaban J connectivity index is 1.82. The molecule has 0 aliphatic carbocycles. The SMILES string of the molecule is CCCCCCCCCCCCCCCCNC(=O)c1ccc([O])cc1. The van der Waals surface area contributed by atoms with Crippen LogP contribution >= 0.6 is 0 Å². The highest BCUT2D eigenvalue weighted by molar-refractivity contribution is 5.94. The number of hydrogen-bond acceptors (Lipinski definition) is 1. The van der Waals surface area contributed by atoms with Gasteiger partial charge in [0, 0.05) is 12.1 Å². The molecule has 1 aromatic carbocycles. The van der Waals surface area contributed by atoms with E-state index < -0.39 is 0 Å². The van der Waals surface area contributed by atoms with Crippen LogP contribution in [0.5, 0.6) is 5.75 Å². The molecular formula is C23H38NO2. The van der Waals surface area contributed by atoms with Gasteiger partial charge in [-0.3, -0.25) is 9.90 Å². The van der Waals surface area contributed by atoms with Crippen molar-refractivity contribution in [2.45, 2.75) is 96.8 Å². The monoisotopic (exact) mass is 360 g/mol. The predicted molar refractivity (Wildman–Crippen MR) is 109 cm³/mol. The lowest BCUT2D eigenvalue weighted by molar-refractivity contribution is 0.0953. The summed E-state index contributed by atoms with van der Waals surface area (Å²) >= 11 is 0. The Kier molecular flexibility index (Phi) is 13.6. The van der Waals surface area contributed by atoms with Crippen molar-refractivity contribution in [2.75, 3.05) is 6.54 Å². The lowest BCUT2D eigenvalue weighted by Crippen LogP contribution is -2.24. The molecule has 1 N–H and O–H groups in total. The number of benzene rings is 1. The summed E-state index contributed by atoms with van der Waals surface area (Å²) < 4.78 is 0. The quantitative estimate of drug-likeness (QED) is 0.316. The summed E-state index contributed by atoms with van der Waals surface area (Å²) in [5, 5.41) is 13.9. The second kappa shape index (κ2) is 15.7. The van der Waals surface area contributed by atoms with Crippen LogP contribution in [0, 0.1) is 0 Å². The van der Waals surface area contributed by atoms with Crippen LogP contribution in [0.15, 0.2) is 24.3 Å². The first-order valence-corrected chi connectivity index (χ1v) is 10.8. The second-order valence-electron chi connectivity index (χ2n) is 7.38. The van der Waals surface area contributed by atoms with E-state index in [9.17, 15) is 9.90 Å². The Hall–Kier alpha value is -1.51. The normalized spacial score (nSPS) is 10.8. The van der Waals surface area contributed by atoms with Gasteiger partial charge in [0.25, 0.3) is 5.91 Å². The molecule has 0 saturated heterocycles. The molecule has 1 rings (SSSR count). The fraction of sp³-hybridized carbons (Fsp3) is 0.696. The van der Waals surface area contributed by atoms with Gasteiger partial charge in [-0.1, -0.05) is 90.4 Å². The fourth-order valence-electron chi connectivity index (χ4n) is 3.23. The van der Waals surface area contributed by atoms with Gasteiger partial charge >= 0.3 is 0 Å². The third kappa shape index (κ3) is 11.9. The van der Waals surface area contributed by atoms with Gasteiger partial charge in [0.2, 0.25) is 0 Å². The Labute approximate surface area is 160 Å². The number of carbonyl (C=O) groups excluding carboxylic acids is 1. The van der Waals surface area contributed by atoms with E-state index >= 15 is 0 Å². The third-order valence-corrected chi connectivity index (χ3v) is 4.93. The number of carbonyl (C=O) groups is 1. The first-order chi connectivity index (χ1) is 12.7. The van der Waals surface area contributed by atoms with Crippen molar-refractivity contribution in [3.8, 4) is 5.75 Å². The van der Waals surface area contributed by atoms with Gasteiger partial charge in [-0.2, -0.15) is 0 Å². The smallest absolute Gasteiger partial charge is 0.251 e. The fourth-order valence-corrected chi connectivity index (χ4v) is 3.23. The third-order valence-electron chi connectivity index (χ3n) is 4.93. The van der Waals surface area contributed by atoms with Crippen molar-refractivity contribution in [2.24, 2.45) is 0 Å². The highest BCUT2D eigenvalue weighted by atomic mass is 16.3. The zero-order valence-corrected chi connectivity index (χ0v) is 16.7. The van der Waals surface area contributed by atoms with E-state index in [2.05, 4.69) is 12.2 Å². The van der Waals surface area contributed by atoms with Crippen molar-refractivity contribution in [1.82, 2.24) is 5.32 Å². The lowest BCUT2D eigenvalue weighted by Gasteiger charge is -2.05. The topological polar surface area (TPSA) is 49.0 Å². The van der Waals surface area contributed by atoms with Gasteiger partial charge < -0.3 is 5.32 Å². The van der Waals surface area contributed by atoms with Gasteiger partial charge in [0.1, 0.15) is 0 Å². The van der Waals surface area contributed by atoms with E-state index in [0.29, 0.717) is 5.56 Å². The number of amides is 1. The van der Waals surface area contributed by atoms with Crippen LogP contribution in [-0.2, 0) is 5.11 Å². The summed E-state index contributed by atoms with van der Waals surface area (Å²) in [4.78, 5) is 11.9. The molecule has 0 spiro atoms. The summed E-state index contributed by atoms with van der Waals surface area (Å²) in [7, 11) is 0. The van der Waals surface area contributed by atoms with E-state index in [4.69, 9.17) is 0 Å². The minimum Gasteiger partial charge on any atom is -0.352 e. The van der Waals surface area contributed by atoms with Crippen LogP contribution in [0.25, 0.3) is 0 Å². The molecule has 0 saturated carbocycles. The van der Waals surface area contributed by atoms with Crippen LogP contribution in [0.1, 0.15) is 107 Å². The van der Waals surface area contributed by atoms with Crippen LogP contribution in [-0.4, -0.2) is 12.5 Å². The van der Waals surface area contributed by atoms with E-state index in [1.165, 1.54) is 95.6 Å². The molecule has 0 aliphatic heterocycles. The molecule has 3 nitrogen and oxygen atoms in total. The molecule has 0 unspecified atom stereocenters. The van der Waals surface area contributed by atoms with E-state index in [1.807, 2.05) is 0 Å². The van der Waals surface area contributed by atoms with Gasteiger partial charge in [-0.25, -0.2) is 0 Å². The molecule has 1 amide bonds. The lowest BCUT2D eigenvalue weighted by atomic mass is 10.0. The van der Waals surface area contributed by atoms with Crippen LogP contribution < -0.4 is 5.32 Å². The zero-order valence-electron chi connectivity index (χ0n) is 16.7. The van der Waals surface area contributed by atoms with Crippen LogP contribution in [0.2, 0.25) is 0 Å². The maximum absolute atomic E-state index is 11.9. The summed E-state index contributed by atoms with van der Waals surface area (Å²) in [6.07, 6.45) is 18.7. The summed E-state index contributed by atoms with van der Waals surface area (Å²) in [5.74, 6) is -0.145. The number of rotatable bonds is 16. The highest BCUT2D eigenvalue weighted by Crippen LogP contribution is 2.13. The van der Waals surface area contributed by atoms with Crippen molar-refractivity contribution in [3.05, 3.63) is 29.8 Å². The largest absolute Gasteiger partial charge is 0.352 e. The van der Waals surface area contributed by atoms with E-state index in [1.54, 1.807) is 12.1 Å². The van der Waals surface area contributed by atoms with Crippen molar-refractivity contribution in [3.63, 3.8) is 0 Å².